The molecule has 20 nitrogen and oxygen atoms in total. The van der Waals surface area contributed by atoms with E-state index in [4.69, 9.17) is 18.9 Å². The predicted octanol–water partition coefficient (Wildman–Crippen LogP) is 4.02. The predicted molar refractivity (Wildman–Crippen MR) is 297 cm³/mol. The summed E-state index contributed by atoms with van der Waals surface area (Å²) in [4.78, 5) is 91.0. The van der Waals surface area contributed by atoms with Crippen LogP contribution in [0.3, 0.4) is 0 Å². The van der Waals surface area contributed by atoms with Crippen LogP contribution < -0.4 is 25.8 Å². The summed E-state index contributed by atoms with van der Waals surface area (Å²) in [6.45, 7) is 12.4. The van der Waals surface area contributed by atoms with Crippen LogP contribution in [0.5, 0.6) is 5.75 Å². The summed E-state index contributed by atoms with van der Waals surface area (Å²) < 4.78 is 23.0. The number of fused-ring (bicyclic) bond motifs is 5. The van der Waals surface area contributed by atoms with Crippen LogP contribution in [0.25, 0.3) is 0 Å². The van der Waals surface area contributed by atoms with Crippen molar-refractivity contribution < 1.29 is 63.0 Å². The van der Waals surface area contributed by atoms with Crippen LogP contribution in [0.1, 0.15) is 116 Å². The van der Waals surface area contributed by atoms with Crippen LogP contribution in [0.2, 0.25) is 0 Å². The number of anilines is 1. The van der Waals surface area contributed by atoms with Gasteiger partial charge in [0.15, 0.2) is 5.60 Å². The van der Waals surface area contributed by atoms with E-state index in [9.17, 15) is 34.5 Å². The second-order valence-electron chi connectivity index (χ2n) is 26.2. The summed E-state index contributed by atoms with van der Waals surface area (Å²) in [6, 6.07) is 2.23. The lowest BCUT2D eigenvalue weighted by Crippen LogP contribution is -2.82. The second kappa shape index (κ2) is 20.8. The van der Waals surface area contributed by atoms with Gasteiger partial charge in [-0.2, -0.15) is 0 Å². The number of aliphatic hydroxyl groups excluding tert-OH is 1. The minimum Gasteiger partial charge on any atom is -0.496 e. The molecule has 81 heavy (non-hydrogen) atoms. The van der Waals surface area contributed by atoms with Gasteiger partial charge in [0.1, 0.15) is 17.3 Å². The Morgan fingerprint density at radius 3 is 2.36 bits per heavy atom. The number of amides is 4. The molecule has 2 bridgehead atoms. The number of hydrazine groups is 1. The van der Waals surface area contributed by atoms with Crippen molar-refractivity contribution in [1.29, 1.82) is 0 Å². The molecule has 440 valence electrons. The van der Waals surface area contributed by atoms with Crippen LogP contribution >= 0.6 is 0 Å². The minimum absolute atomic E-state index is 0.0437. The third kappa shape index (κ3) is 8.84. The van der Waals surface area contributed by atoms with Crippen molar-refractivity contribution in [3.63, 3.8) is 0 Å². The number of benzene rings is 1. The van der Waals surface area contributed by atoms with Crippen LogP contribution in [0, 0.1) is 40.4 Å². The standard InChI is InChI=1S/C61H83N7O13/c1-9-57(76)29-36-30-60(54(74)79-8,47-39(20-24-66(31-36)33-57)38-14-11-12-15-43(38)62-47)41-26-40-44(28-45(41)78-7)65(6)51-59(40)22-25-67-23-13-21-58(10-2,50(59)67)52(72)61(51,77)53(73)63-64-55(75)81-34-80-49(71)37-18-16-35(17-19-37)32-68-46(69)27-42(48(68)70)56(3,4)5/h11-15,21,26,28,35-38,42-43,50-52,62,72,76-77H,9-10,16-20,22-25,27,29-34H2,1-8H3,(H,63,73)(H,64,75)/t35?,36-,37?,38?,42?,43?,50-,51+,52+,57-,58+,59+,60-,61-/m0/s1. The Kier molecular flexibility index (Phi) is 14.7. The molecule has 3 saturated heterocycles. The summed E-state index contributed by atoms with van der Waals surface area (Å²) in [5, 5.41) is 42.5. The number of esters is 2. The summed E-state index contributed by atoms with van der Waals surface area (Å²) in [5.74, 6) is -3.02. The number of rotatable bonds is 11. The number of methoxy groups -OCH3 is 2. The van der Waals surface area contributed by atoms with E-state index in [0.29, 0.717) is 114 Å². The zero-order valence-electron chi connectivity index (χ0n) is 48.3. The fourth-order valence-electron chi connectivity index (χ4n) is 17.3. The van der Waals surface area contributed by atoms with E-state index in [2.05, 4.69) is 38.1 Å². The van der Waals surface area contributed by atoms with Crippen molar-refractivity contribution in [2.75, 3.05) is 72.2 Å². The van der Waals surface area contributed by atoms with Gasteiger partial charge in [-0.25, -0.2) is 10.2 Å². The second-order valence-corrected chi connectivity index (χ2v) is 26.2. The molecule has 13 atom stereocenters. The number of carbonyl (C=O) groups excluding carboxylic acids is 6. The van der Waals surface area contributed by atoms with Crippen molar-refractivity contribution in [2.45, 2.75) is 152 Å². The SMILES string of the molecule is CC[C@]1(O)C[C@@H]2CN(CCC3=C(NC4C=CC=CC34)[C@@](C(=O)OC)(c3cc4c(cc3OC)N(C)[C@H]3[C@@](O)(C(=O)NNC(=O)OCOC(=O)C5CCC(CN6C(=O)CC(C(C)(C)C)C6=O)CC5)[C@H](O)[C@]5(CC)C=CCN6CC[C@]43[C@@H]65)C2)C1. The molecule has 1 spiro atoms. The lowest BCUT2D eigenvalue weighted by atomic mass is 9.47. The molecule has 11 rings (SSSR count). The normalized spacial score (nSPS) is 38.4. The third-order valence-corrected chi connectivity index (χ3v) is 21.2. The van der Waals surface area contributed by atoms with Crippen LogP contribution in [-0.4, -0.2) is 169 Å². The first-order valence-electron chi connectivity index (χ1n) is 29.4. The smallest absolute Gasteiger partial charge is 0.428 e. The monoisotopic (exact) mass is 1120 g/mol. The van der Waals surface area contributed by atoms with E-state index in [1.54, 1.807) is 14.2 Å². The fourth-order valence-corrected chi connectivity index (χ4v) is 17.3. The highest BCUT2D eigenvalue weighted by Gasteiger charge is 2.79. The number of ether oxygens (including phenoxy) is 4. The summed E-state index contributed by atoms with van der Waals surface area (Å²) >= 11 is 0. The van der Waals surface area contributed by atoms with Gasteiger partial charge in [0.05, 0.1) is 43.7 Å². The van der Waals surface area contributed by atoms with E-state index in [-0.39, 0.29) is 59.8 Å². The van der Waals surface area contributed by atoms with E-state index < -0.39 is 82.3 Å². The first kappa shape index (κ1) is 57.0. The first-order valence-corrected chi connectivity index (χ1v) is 29.4. The van der Waals surface area contributed by atoms with Crippen LogP contribution in [0.15, 0.2) is 59.9 Å². The summed E-state index contributed by atoms with van der Waals surface area (Å²) in [5.41, 5.74) is 0.760. The molecule has 7 aliphatic heterocycles. The maximum Gasteiger partial charge on any atom is 0.428 e. The van der Waals surface area contributed by atoms with Gasteiger partial charge in [-0.3, -0.25) is 44.1 Å². The molecular formula is C61H83N7O13. The van der Waals surface area contributed by atoms with Gasteiger partial charge >= 0.3 is 18.0 Å². The number of likely N-dealkylation sites (tertiary alicyclic amines) is 1. The van der Waals surface area contributed by atoms with Gasteiger partial charge in [0, 0.05) is 92.0 Å². The number of nitrogens with zero attached hydrogens (tertiary/aromatic N) is 4. The van der Waals surface area contributed by atoms with Crippen molar-refractivity contribution in [3.8, 4) is 5.75 Å². The highest BCUT2D eigenvalue weighted by atomic mass is 16.7. The van der Waals surface area contributed by atoms with Gasteiger partial charge in [0.25, 0.3) is 5.91 Å². The number of allylic oxidation sites excluding steroid dienone is 2. The van der Waals surface area contributed by atoms with Gasteiger partial charge in [-0.15, -0.1) is 0 Å². The molecule has 1 aromatic carbocycles. The molecule has 0 aromatic heterocycles. The molecule has 3 aliphatic carbocycles. The molecule has 1 aromatic rings. The molecule has 6 N–H and O–H groups in total. The average Bonchev–Trinajstić information content (AvgIpc) is 3.11. The van der Waals surface area contributed by atoms with Gasteiger partial charge in [0.2, 0.25) is 18.6 Å². The zero-order valence-corrected chi connectivity index (χ0v) is 48.3. The van der Waals surface area contributed by atoms with E-state index in [1.807, 2.05) is 76.0 Å². The Labute approximate surface area is 474 Å². The fraction of sp³-hybridized carbons (Fsp3) is 0.672. The molecule has 2 saturated carbocycles. The lowest BCUT2D eigenvalue weighted by molar-refractivity contribution is -0.204. The van der Waals surface area contributed by atoms with Gasteiger partial charge < -0.3 is 44.5 Å². The molecule has 10 aliphatic rings. The van der Waals surface area contributed by atoms with E-state index in [1.165, 1.54) is 12.0 Å². The Morgan fingerprint density at radius 1 is 0.914 bits per heavy atom. The number of nitrogens with one attached hydrogen (secondary N) is 3. The van der Waals surface area contributed by atoms with Crippen molar-refractivity contribution >= 4 is 41.4 Å². The minimum atomic E-state index is -2.61. The molecule has 5 fully saturated rings. The number of hydrogen-bond acceptors (Lipinski definition) is 17. The largest absolute Gasteiger partial charge is 0.496 e. The number of hydrogen-bond donors (Lipinski definition) is 6. The topological polar surface area (TPSA) is 249 Å². The highest BCUT2D eigenvalue weighted by molar-refractivity contribution is 6.04. The quantitative estimate of drug-likeness (QED) is 0.0602. The maximum absolute atomic E-state index is 15.5. The average molecular weight is 1120 g/mol. The highest BCUT2D eigenvalue weighted by Crippen LogP contribution is 2.68. The Morgan fingerprint density at radius 2 is 1.67 bits per heavy atom. The zero-order chi connectivity index (χ0) is 57.8. The molecule has 20 heteroatoms. The van der Waals surface area contributed by atoms with E-state index >= 15 is 9.59 Å². The number of carbonyl (C=O) groups is 6. The summed E-state index contributed by atoms with van der Waals surface area (Å²) in [7, 11) is 4.76. The number of aliphatic hydroxyl groups is 3. The Hall–Kier alpha value is -5.80. The Balaban J connectivity index is 0.872. The van der Waals surface area contributed by atoms with Gasteiger partial charge in [-0.05, 0) is 105 Å². The van der Waals surface area contributed by atoms with Crippen molar-refractivity contribution in [2.24, 2.45) is 40.4 Å². The lowest BCUT2D eigenvalue weighted by Gasteiger charge is -2.63. The van der Waals surface area contributed by atoms with Crippen LogP contribution in [-0.2, 0) is 49.0 Å². The Bertz CT molecular complexity index is 2870. The number of piperidine rings is 1. The molecule has 0 radical (unpaired) electrons. The molecular weight excluding hydrogens is 1040 g/mol. The number of likely N-dealkylation sites (N-methyl/N-ethyl adjacent to an activating group) is 1. The molecule has 4 amide bonds. The van der Waals surface area contributed by atoms with Crippen molar-refractivity contribution in [3.05, 3.63) is 71.0 Å². The van der Waals surface area contributed by atoms with Gasteiger partial charge in [-0.1, -0.05) is 71.1 Å². The van der Waals surface area contributed by atoms with Crippen LogP contribution in [0.4, 0.5) is 10.5 Å². The summed E-state index contributed by atoms with van der Waals surface area (Å²) in [6.07, 6.45) is 14.5. The van der Waals surface area contributed by atoms with E-state index in [0.717, 1.165) is 16.8 Å². The van der Waals surface area contributed by atoms with Crippen molar-refractivity contribution in [1.82, 2.24) is 30.9 Å². The third-order valence-electron chi connectivity index (χ3n) is 21.2. The molecule has 4 unspecified atom stereocenters. The number of imide groups is 1. The first-order chi connectivity index (χ1) is 38.5. The maximum atomic E-state index is 15.5. The molecule has 7 heterocycles.